The number of carbonyl (C=O) groups is 1. The third-order valence-corrected chi connectivity index (χ3v) is 4.28. The maximum Gasteiger partial charge on any atom is 0.413 e. The molecule has 0 aliphatic heterocycles. The summed E-state index contributed by atoms with van der Waals surface area (Å²) in [5, 5.41) is 15.0. The van der Waals surface area contributed by atoms with Gasteiger partial charge in [0.05, 0.1) is 4.47 Å². The number of nitrogens with one attached hydrogen (secondary N) is 1. The molecule has 1 aromatic carbocycles. The van der Waals surface area contributed by atoms with Gasteiger partial charge in [0.1, 0.15) is 0 Å². The zero-order valence-electron chi connectivity index (χ0n) is 14.7. The van der Waals surface area contributed by atoms with Crippen LogP contribution >= 0.6 is 15.9 Å². The molecule has 0 saturated carbocycles. The Morgan fingerprint density at radius 2 is 2.00 bits per heavy atom. The van der Waals surface area contributed by atoms with E-state index in [1.165, 1.54) is 7.05 Å². The first kappa shape index (κ1) is 18.0. The monoisotopic (exact) mass is 439 g/mol. The Morgan fingerprint density at radius 3 is 2.79 bits per heavy atom. The second kappa shape index (κ2) is 7.69. The number of ether oxygens (including phenoxy) is 1. The van der Waals surface area contributed by atoms with Crippen molar-refractivity contribution in [3.05, 3.63) is 64.7 Å². The van der Waals surface area contributed by atoms with Crippen molar-refractivity contribution < 1.29 is 9.53 Å². The number of hydrogen-bond acceptors (Lipinski definition) is 7. The fourth-order valence-corrected chi connectivity index (χ4v) is 2.80. The van der Waals surface area contributed by atoms with Gasteiger partial charge in [0, 0.05) is 37.5 Å². The summed E-state index contributed by atoms with van der Waals surface area (Å²) < 4.78 is 7.45. The lowest BCUT2D eigenvalue weighted by Crippen LogP contribution is -2.22. The van der Waals surface area contributed by atoms with E-state index in [2.05, 4.69) is 46.5 Å². The van der Waals surface area contributed by atoms with Crippen LogP contribution in [0.1, 0.15) is 11.4 Å². The lowest BCUT2D eigenvalue weighted by atomic mass is 10.1. The van der Waals surface area contributed by atoms with Crippen LogP contribution in [0, 0.1) is 0 Å². The minimum absolute atomic E-state index is 0.157. The lowest BCUT2D eigenvalue weighted by molar-refractivity contribution is 0.200. The topological polar surface area (TPSA) is 107 Å². The number of halogens is 1. The Hall–Kier alpha value is -3.40. The highest BCUT2D eigenvalue weighted by molar-refractivity contribution is 9.10. The molecule has 0 aliphatic carbocycles. The maximum absolute atomic E-state index is 11.4. The van der Waals surface area contributed by atoms with Crippen molar-refractivity contribution in [2.45, 2.75) is 6.42 Å². The molecule has 3 aromatic heterocycles. The molecular formula is C18H14BrN7O2. The van der Waals surface area contributed by atoms with Crippen molar-refractivity contribution in [1.29, 1.82) is 0 Å². The number of benzene rings is 1. The van der Waals surface area contributed by atoms with E-state index in [0.29, 0.717) is 23.7 Å². The second-order valence-corrected chi connectivity index (χ2v) is 6.72. The van der Waals surface area contributed by atoms with Gasteiger partial charge in [-0.1, -0.05) is 18.2 Å². The minimum atomic E-state index is -0.594. The zero-order chi connectivity index (χ0) is 19.5. The second-order valence-electron chi connectivity index (χ2n) is 5.80. The van der Waals surface area contributed by atoms with E-state index in [1.54, 1.807) is 29.0 Å². The number of carbonyl (C=O) groups excluding carboxylic acids is 1. The Morgan fingerprint density at radius 1 is 1.18 bits per heavy atom. The fourth-order valence-electron chi connectivity index (χ4n) is 2.59. The molecule has 0 atom stereocenters. The van der Waals surface area contributed by atoms with Gasteiger partial charge in [-0.15, -0.1) is 15.3 Å². The van der Waals surface area contributed by atoms with Crippen LogP contribution in [0.4, 0.5) is 4.79 Å². The Bertz CT molecular complexity index is 1140. The molecule has 4 rings (SSSR count). The predicted octanol–water partition coefficient (Wildman–Crippen LogP) is 2.65. The molecular weight excluding hydrogens is 426 g/mol. The van der Waals surface area contributed by atoms with Crippen molar-refractivity contribution >= 4 is 27.7 Å². The summed E-state index contributed by atoms with van der Waals surface area (Å²) in [6.45, 7) is 0. The summed E-state index contributed by atoms with van der Waals surface area (Å²) in [5.41, 5.74) is 2.46. The minimum Gasteiger partial charge on any atom is -0.390 e. The van der Waals surface area contributed by atoms with Crippen LogP contribution in [0.3, 0.4) is 0 Å². The van der Waals surface area contributed by atoms with Crippen molar-refractivity contribution in [1.82, 2.24) is 35.1 Å². The van der Waals surface area contributed by atoms with Gasteiger partial charge in [-0.25, -0.2) is 14.8 Å². The first-order valence-electron chi connectivity index (χ1n) is 8.30. The van der Waals surface area contributed by atoms with Crippen LogP contribution < -0.4 is 10.1 Å². The van der Waals surface area contributed by atoms with E-state index in [4.69, 9.17) is 4.74 Å². The van der Waals surface area contributed by atoms with Gasteiger partial charge in [0.15, 0.2) is 17.3 Å². The van der Waals surface area contributed by atoms with E-state index in [0.717, 1.165) is 15.6 Å². The molecule has 1 N–H and O–H groups in total. The van der Waals surface area contributed by atoms with E-state index in [1.807, 2.05) is 24.3 Å². The number of amides is 1. The molecule has 0 unspecified atom stereocenters. The molecule has 10 heteroatoms. The molecule has 28 heavy (non-hydrogen) atoms. The van der Waals surface area contributed by atoms with Crippen molar-refractivity contribution in [3.8, 4) is 17.3 Å². The molecule has 1 amide bonds. The average Bonchev–Trinajstić information content (AvgIpc) is 3.11. The van der Waals surface area contributed by atoms with Gasteiger partial charge in [-0.3, -0.25) is 0 Å². The average molecular weight is 440 g/mol. The fraction of sp³-hybridized carbons (Fsp3) is 0.111. The summed E-state index contributed by atoms with van der Waals surface area (Å²) in [6.07, 6.45) is 3.31. The van der Waals surface area contributed by atoms with Crippen molar-refractivity contribution in [2.24, 2.45) is 0 Å². The largest absolute Gasteiger partial charge is 0.413 e. The number of aromatic nitrogens is 6. The number of fused-ring (bicyclic) bond motifs is 1. The summed E-state index contributed by atoms with van der Waals surface area (Å²) in [4.78, 5) is 20.0. The maximum atomic E-state index is 11.4. The molecule has 0 spiro atoms. The highest BCUT2D eigenvalue weighted by Crippen LogP contribution is 2.19. The number of hydrogen-bond donors (Lipinski definition) is 1. The summed E-state index contributed by atoms with van der Waals surface area (Å²) in [5.74, 6) is 1.41. The Balaban J connectivity index is 1.63. The molecule has 0 saturated heterocycles. The van der Waals surface area contributed by atoms with E-state index < -0.39 is 6.09 Å². The summed E-state index contributed by atoms with van der Waals surface area (Å²) >= 11 is 3.34. The normalized spacial score (nSPS) is 10.8. The third kappa shape index (κ3) is 3.81. The zero-order valence-corrected chi connectivity index (χ0v) is 16.3. The molecule has 140 valence electrons. The molecule has 3 heterocycles. The van der Waals surface area contributed by atoms with E-state index >= 15 is 0 Å². The molecule has 0 bridgehead atoms. The molecule has 4 aromatic rings. The van der Waals surface area contributed by atoms with Crippen LogP contribution in [-0.2, 0) is 6.42 Å². The molecule has 0 radical (unpaired) electrons. The lowest BCUT2D eigenvalue weighted by Gasteiger charge is -2.05. The van der Waals surface area contributed by atoms with Gasteiger partial charge >= 0.3 is 6.09 Å². The Labute approximate surface area is 167 Å². The first-order valence-corrected chi connectivity index (χ1v) is 9.09. The Kier molecular flexibility index (Phi) is 4.94. The quantitative estimate of drug-likeness (QED) is 0.520. The summed E-state index contributed by atoms with van der Waals surface area (Å²) in [7, 11) is 1.48. The van der Waals surface area contributed by atoms with E-state index in [-0.39, 0.29) is 5.88 Å². The van der Waals surface area contributed by atoms with Gasteiger partial charge in [0.25, 0.3) is 0 Å². The standard InChI is InChI=1S/C18H14BrN7O2/c1-20-18(27)28-16-6-5-14-23-24-15(26(14)25-16)8-11-3-2-4-12(7-11)17-21-9-13(19)10-22-17/h2-7,9-10H,8H2,1H3,(H,20,27). The van der Waals surface area contributed by atoms with Crippen LogP contribution in [0.15, 0.2) is 53.3 Å². The third-order valence-electron chi connectivity index (χ3n) is 3.87. The number of rotatable bonds is 4. The van der Waals surface area contributed by atoms with E-state index in [9.17, 15) is 4.79 Å². The van der Waals surface area contributed by atoms with Crippen molar-refractivity contribution in [3.63, 3.8) is 0 Å². The summed E-state index contributed by atoms with van der Waals surface area (Å²) in [6, 6.07) is 11.1. The van der Waals surface area contributed by atoms with Crippen LogP contribution in [0.25, 0.3) is 17.0 Å². The highest BCUT2D eigenvalue weighted by atomic mass is 79.9. The van der Waals surface area contributed by atoms with Crippen LogP contribution in [-0.4, -0.2) is 42.9 Å². The first-order chi connectivity index (χ1) is 13.6. The molecule has 9 nitrogen and oxygen atoms in total. The SMILES string of the molecule is CNC(=O)Oc1ccc2nnc(Cc3cccc(-c4ncc(Br)cn4)c3)n2n1. The van der Waals surface area contributed by atoms with Gasteiger partial charge < -0.3 is 10.1 Å². The smallest absolute Gasteiger partial charge is 0.390 e. The predicted molar refractivity (Wildman–Crippen MR) is 104 cm³/mol. The van der Waals surface area contributed by atoms with Gasteiger partial charge in [-0.2, -0.15) is 4.52 Å². The van der Waals surface area contributed by atoms with Crippen molar-refractivity contribution in [2.75, 3.05) is 7.05 Å². The van der Waals surface area contributed by atoms with Gasteiger partial charge in [0.2, 0.25) is 5.88 Å². The van der Waals surface area contributed by atoms with Crippen LogP contribution in [0.2, 0.25) is 0 Å². The highest BCUT2D eigenvalue weighted by Gasteiger charge is 2.11. The van der Waals surface area contributed by atoms with Gasteiger partial charge in [-0.05, 0) is 33.6 Å². The molecule has 0 aliphatic rings. The van der Waals surface area contributed by atoms with Crippen LogP contribution in [0.5, 0.6) is 5.88 Å². The molecule has 0 fully saturated rings. The number of nitrogens with zero attached hydrogens (tertiary/aromatic N) is 6.